The molecule has 0 aliphatic carbocycles. The van der Waals surface area contributed by atoms with Crippen molar-refractivity contribution in [1.82, 2.24) is 14.8 Å². The van der Waals surface area contributed by atoms with E-state index in [-0.39, 0.29) is 5.91 Å². The van der Waals surface area contributed by atoms with Crippen molar-refractivity contribution in [2.45, 2.75) is 38.6 Å². The molecule has 2 heterocycles. The Morgan fingerprint density at radius 3 is 2.63 bits per heavy atom. The standard InChI is InChI=1S/C30H29BrClN5O3S/c1-4-39-25-9-7-6-8-23(25)34-28(38)26-18(3)33-29-35-30(41-5-2)36-37(29)27(26)22-16-20(31)12-15-24(22)40-17-19-10-13-21(32)14-11-19/h6-16,27H,4-5,17H2,1-3H3,(H,34,38)(H,33,35,36). The number of para-hydroxylation sites is 2. The minimum Gasteiger partial charge on any atom is -0.492 e. The molecule has 0 saturated heterocycles. The Labute approximate surface area is 256 Å². The van der Waals surface area contributed by atoms with Gasteiger partial charge in [0, 0.05) is 20.8 Å². The number of hydrogen-bond donors (Lipinski definition) is 2. The highest BCUT2D eigenvalue weighted by atomic mass is 79.9. The van der Waals surface area contributed by atoms with E-state index in [0.29, 0.717) is 57.8 Å². The lowest BCUT2D eigenvalue weighted by atomic mass is 9.94. The second-order valence-corrected chi connectivity index (χ2v) is 11.7. The molecule has 3 aromatic carbocycles. The number of carbonyl (C=O) groups excluding carboxylic acids is 1. The molecule has 1 atom stereocenters. The van der Waals surface area contributed by atoms with Gasteiger partial charge in [0.1, 0.15) is 24.1 Å². The largest absolute Gasteiger partial charge is 0.492 e. The minimum atomic E-state index is -0.623. The van der Waals surface area contributed by atoms with Crippen molar-refractivity contribution in [2.24, 2.45) is 0 Å². The maximum Gasteiger partial charge on any atom is 0.255 e. The van der Waals surface area contributed by atoms with Gasteiger partial charge >= 0.3 is 0 Å². The topological polar surface area (TPSA) is 90.3 Å². The number of thioether (sulfide) groups is 1. The first-order valence-corrected chi connectivity index (χ1v) is 15.3. The molecular formula is C30H29BrClN5O3S. The molecule has 5 rings (SSSR count). The van der Waals surface area contributed by atoms with Crippen molar-refractivity contribution in [3.8, 4) is 11.5 Å². The molecule has 0 saturated carbocycles. The minimum absolute atomic E-state index is 0.290. The average molecular weight is 655 g/mol. The maximum atomic E-state index is 14.1. The quantitative estimate of drug-likeness (QED) is 0.169. The fraction of sp³-hybridized carbons (Fsp3) is 0.233. The molecule has 41 heavy (non-hydrogen) atoms. The molecule has 1 aliphatic rings. The van der Waals surface area contributed by atoms with E-state index in [2.05, 4.69) is 31.5 Å². The molecule has 2 N–H and O–H groups in total. The third-order valence-corrected chi connectivity index (χ3v) is 7.83. The average Bonchev–Trinajstić information content (AvgIpc) is 3.35. The van der Waals surface area contributed by atoms with Gasteiger partial charge in [-0.1, -0.05) is 70.5 Å². The Kier molecular flexibility index (Phi) is 9.22. The predicted octanol–water partition coefficient (Wildman–Crippen LogP) is 7.71. The summed E-state index contributed by atoms with van der Waals surface area (Å²) in [7, 11) is 0. The molecule has 0 bridgehead atoms. The van der Waals surface area contributed by atoms with Crippen LogP contribution in [0.15, 0.2) is 87.6 Å². The van der Waals surface area contributed by atoms with E-state index in [1.807, 2.05) is 87.5 Å². The van der Waals surface area contributed by atoms with Crippen LogP contribution in [0.25, 0.3) is 0 Å². The van der Waals surface area contributed by atoms with E-state index in [1.54, 1.807) is 4.68 Å². The Balaban J connectivity index is 1.58. The van der Waals surface area contributed by atoms with E-state index in [9.17, 15) is 4.79 Å². The lowest BCUT2D eigenvalue weighted by molar-refractivity contribution is -0.113. The van der Waals surface area contributed by atoms with Gasteiger partial charge in [0.15, 0.2) is 0 Å². The van der Waals surface area contributed by atoms with Gasteiger partial charge in [-0.15, -0.1) is 5.10 Å². The Bertz CT molecular complexity index is 1590. The van der Waals surface area contributed by atoms with E-state index in [4.69, 9.17) is 26.2 Å². The summed E-state index contributed by atoms with van der Waals surface area (Å²) in [6.45, 7) is 6.62. The zero-order valence-electron chi connectivity index (χ0n) is 22.8. The number of benzene rings is 3. The van der Waals surface area contributed by atoms with Crippen molar-refractivity contribution in [3.63, 3.8) is 0 Å². The highest BCUT2D eigenvalue weighted by Gasteiger charge is 2.36. The number of rotatable bonds is 10. The summed E-state index contributed by atoms with van der Waals surface area (Å²) in [6.07, 6.45) is 0. The molecule has 4 aromatic rings. The monoisotopic (exact) mass is 653 g/mol. The van der Waals surface area contributed by atoms with E-state index in [0.717, 1.165) is 21.4 Å². The van der Waals surface area contributed by atoms with Crippen LogP contribution in [0, 0.1) is 0 Å². The molecule has 0 fully saturated rings. The van der Waals surface area contributed by atoms with Crippen LogP contribution in [-0.2, 0) is 11.4 Å². The Morgan fingerprint density at radius 2 is 1.88 bits per heavy atom. The molecular weight excluding hydrogens is 626 g/mol. The van der Waals surface area contributed by atoms with Crippen LogP contribution in [0.3, 0.4) is 0 Å². The third-order valence-electron chi connectivity index (χ3n) is 6.36. The van der Waals surface area contributed by atoms with Crippen molar-refractivity contribution in [3.05, 3.63) is 98.6 Å². The van der Waals surface area contributed by atoms with E-state index >= 15 is 0 Å². The van der Waals surface area contributed by atoms with Gasteiger partial charge in [0.2, 0.25) is 11.1 Å². The lowest BCUT2D eigenvalue weighted by Gasteiger charge is -2.30. The lowest BCUT2D eigenvalue weighted by Crippen LogP contribution is -2.32. The molecule has 1 unspecified atom stereocenters. The van der Waals surface area contributed by atoms with Crippen molar-refractivity contribution >= 4 is 56.8 Å². The molecule has 8 nitrogen and oxygen atoms in total. The van der Waals surface area contributed by atoms with Crippen molar-refractivity contribution in [1.29, 1.82) is 0 Å². The van der Waals surface area contributed by atoms with Gasteiger partial charge in [0.05, 0.1) is 17.9 Å². The van der Waals surface area contributed by atoms with Crippen LogP contribution < -0.4 is 20.1 Å². The highest BCUT2D eigenvalue weighted by molar-refractivity contribution is 9.10. The number of ether oxygens (including phenoxy) is 2. The second-order valence-electron chi connectivity index (χ2n) is 9.14. The number of nitrogens with zero attached hydrogens (tertiary/aromatic N) is 3. The number of nitrogens with one attached hydrogen (secondary N) is 2. The molecule has 0 spiro atoms. The van der Waals surface area contributed by atoms with Crippen LogP contribution in [0.2, 0.25) is 5.02 Å². The number of anilines is 2. The Morgan fingerprint density at radius 1 is 1.10 bits per heavy atom. The SMILES string of the molecule is CCOc1ccccc1NC(=O)C1=C(C)Nc2nc(SCC)nn2C1c1cc(Br)ccc1OCc1ccc(Cl)cc1. The van der Waals surface area contributed by atoms with Gasteiger partial charge in [-0.05, 0) is 67.6 Å². The molecule has 11 heteroatoms. The van der Waals surface area contributed by atoms with E-state index in [1.165, 1.54) is 11.8 Å². The van der Waals surface area contributed by atoms with Gasteiger partial charge in [-0.3, -0.25) is 4.79 Å². The fourth-order valence-corrected chi connectivity index (χ4v) is 5.61. The van der Waals surface area contributed by atoms with Crippen molar-refractivity contribution in [2.75, 3.05) is 23.0 Å². The van der Waals surface area contributed by atoms with Gasteiger partial charge < -0.3 is 20.1 Å². The zero-order valence-corrected chi connectivity index (χ0v) is 25.9. The normalized spacial score (nSPS) is 14.3. The second kappa shape index (κ2) is 13.0. The smallest absolute Gasteiger partial charge is 0.255 e. The predicted molar refractivity (Wildman–Crippen MR) is 167 cm³/mol. The molecule has 1 aliphatic heterocycles. The van der Waals surface area contributed by atoms with Gasteiger partial charge in [-0.2, -0.15) is 4.98 Å². The Hall–Kier alpha value is -3.47. The van der Waals surface area contributed by atoms with Crippen LogP contribution in [-0.4, -0.2) is 33.0 Å². The number of aromatic nitrogens is 3. The summed E-state index contributed by atoms with van der Waals surface area (Å²) in [5.41, 5.74) is 3.46. The summed E-state index contributed by atoms with van der Waals surface area (Å²) < 4.78 is 14.7. The highest BCUT2D eigenvalue weighted by Crippen LogP contribution is 2.42. The number of halogens is 2. The van der Waals surface area contributed by atoms with Crippen LogP contribution >= 0.6 is 39.3 Å². The summed E-state index contributed by atoms with van der Waals surface area (Å²) >= 11 is 11.2. The number of amides is 1. The molecule has 212 valence electrons. The van der Waals surface area contributed by atoms with E-state index < -0.39 is 6.04 Å². The summed E-state index contributed by atoms with van der Waals surface area (Å²) in [4.78, 5) is 18.8. The summed E-state index contributed by atoms with van der Waals surface area (Å²) in [5, 5.41) is 12.4. The van der Waals surface area contributed by atoms with Crippen LogP contribution in [0.1, 0.15) is 37.9 Å². The first-order valence-electron chi connectivity index (χ1n) is 13.1. The maximum absolute atomic E-state index is 14.1. The van der Waals surface area contributed by atoms with Crippen LogP contribution in [0.4, 0.5) is 11.6 Å². The fourth-order valence-electron chi connectivity index (χ4n) is 4.55. The zero-order chi connectivity index (χ0) is 28.9. The van der Waals surface area contributed by atoms with Crippen molar-refractivity contribution < 1.29 is 14.3 Å². The third kappa shape index (κ3) is 6.55. The molecule has 1 aromatic heterocycles. The number of carbonyl (C=O) groups is 1. The summed E-state index contributed by atoms with van der Waals surface area (Å²) in [6, 6.07) is 20.0. The van der Waals surface area contributed by atoms with Crippen LogP contribution in [0.5, 0.6) is 11.5 Å². The first kappa shape index (κ1) is 29.0. The molecule has 0 radical (unpaired) electrons. The summed E-state index contributed by atoms with van der Waals surface area (Å²) in [5.74, 6) is 2.29. The first-order chi connectivity index (χ1) is 19.9. The number of hydrogen-bond acceptors (Lipinski definition) is 7. The molecule has 1 amide bonds. The number of allylic oxidation sites excluding steroid dienone is 1. The van der Waals surface area contributed by atoms with Gasteiger partial charge in [-0.25, -0.2) is 4.68 Å². The van der Waals surface area contributed by atoms with Gasteiger partial charge in [0.25, 0.3) is 5.91 Å². The number of fused-ring (bicyclic) bond motifs is 1.